The van der Waals surface area contributed by atoms with Gasteiger partial charge in [-0.15, -0.1) is 10.2 Å². The van der Waals surface area contributed by atoms with Crippen LogP contribution in [0.3, 0.4) is 0 Å². The fourth-order valence-electron chi connectivity index (χ4n) is 3.88. The zero-order chi connectivity index (χ0) is 25.5. The molecule has 4 aromatic rings. The molecule has 2 heterocycles. The molecule has 0 aliphatic carbocycles. The predicted octanol–water partition coefficient (Wildman–Crippen LogP) is 6.01. The maximum atomic E-state index is 13.5. The summed E-state index contributed by atoms with van der Waals surface area (Å²) in [6.07, 6.45) is -8.54. The van der Waals surface area contributed by atoms with E-state index in [1.54, 1.807) is 47.7 Å². The highest BCUT2D eigenvalue weighted by Gasteiger charge is 2.37. The monoisotopic (exact) mass is 492 g/mol. The number of rotatable bonds is 4. The number of aryl methyl sites for hydroxylation is 1. The van der Waals surface area contributed by atoms with Gasteiger partial charge in [0.15, 0.2) is 5.65 Å². The van der Waals surface area contributed by atoms with Crippen LogP contribution in [0, 0.1) is 6.92 Å². The number of hydrogen-bond donors (Lipinski definition) is 0. The molecule has 4 rings (SSSR count). The number of carbonyl (C=O) groups excluding carboxylic acids is 1. The van der Waals surface area contributed by atoms with Crippen molar-refractivity contribution in [1.29, 1.82) is 0 Å². The van der Waals surface area contributed by atoms with Crippen molar-refractivity contribution in [2.45, 2.75) is 25.8 Å². The lowest BCUT2D eigenvalue weighted by Gasteiger charge is -2.22. The van der Waals surface area contributed by atoms with E-state index >= 15 is 0 Å². The molecule has 11 heteroatoms. The Labute approximate surface area is 195 Å². The third-order valence-corrected chi connectivity index (χ3v) is 5.55. The molecule has 0 N–H and O–H groups in total. The number of aromatic nitrogens is 3. The van der Waals surface area contributed by atoms with Crippen molar-refractivity contribution in [1.82, 2.24) is 19.5 Å². The fourth-order valence-corrected chi connectivity index (χ4v) is 3.88. The van der Waals surface area contributed by atoms with Crippen LogP contribution in [0.1, 0.15) is 32.7 Å². The average molecular weight is 492 g/mol. The Bertz CT molecular complexity index is 1360. The molecule has 182 valence electrons. The zero-order valence-corrected chi connectivity index (χ0v) is 18.4. The van der Waals surface area contributed by atoms with Gasteiger partial charge in [-0.3, -0.25) is 9.20 Å². The molecule has 0 saturated carbocycles. The van der Waals surface area contributed by atoms with E-state index in [4.69, 9.17) is 0 Å². The molecule has 0 aliphatic rings. The third-order valence-electron chi connectivity index (χ3n) is 5.55. The van der Waals surface area contributed by atoms with E-state index in [0.717, 1.165) is 4.90 Å². The Hall–Kier alpha value is -3.89. The van der Waals surface area contributed by atoms with Crippen molar-refractivity contribution in [3.63, 3.8) is 0 Å². The summed E-state index contributed by atoms with van der Waals surface area (Å²) in [7, 11) is 1.32. The molecule has 2 aromatic heterocycles. The summed E-state index contributed by atoms with van der Waals surface area (Å²) in [5.74, 6) is -0.581. The lowest BCUT2D eigenvalue weighted by Crippen LogP contribution is -2.28. The maximum Gasteiger partial charge on any atom is 0.416 e. The normalized spacial score (nSPS) is 12.2. The van der Waals surface area contributed by atoms with Gasteiger partial charge in [0, 0.05) is 19.3 Å². The molecule has 5 nitrogen and oxygen atoms in total. The summed E-state index contributed by atoms with van der Waals surface area (Å²) in [5, 5.41) is 7.87. The van der Waals surface area contributed by atoms with E-state index < -0.39 is 35.9 Å². The molecular weight excluding hydrogens is 474 g/mol. The first-order valence-corrected chi connectivity index (χ1v) is 10.3. The van der Waals surface area contributed by atoms with Gasteiger partial charge in [-0.1, -0.05) is 30.3 Å². The topological polar surface area (TPSA) is 50.5 Å². The van der Waals surface area contributed by atoms with Crippen LogP contribution >= 0.6 is 0 Å². The highest BCUT2D eigenvalue weighted by Crippen LogP contribution is 2.37. The van der Waals surface area contributed by atoms with Crippen molar-refractivity contribution in [3.05, 3.63) is 88.9 Å². The van der Waals surface area contributed by atoms with Gasteiger partial charge in [0.05, 0.1) is 16.7 Å². The lowest BCUT2D eigenvalue weighted by atomic mass is 9.97. The number of nitrogens with zero attached hydrogens (tertiary/aromatic N) is 4. The summed E-state index contributed by atoms with van der Waals surface area (Å²) in [5.41, 5.74) is -0.778. The first kappa shape index (κ1) is 24.2. The molecule has 35 heavy (non-hydrogen) atoms. The number of fused-ring (bicyclic) bond motifs is 1. The summed E-state index contributed by atoms with van der Waals surface area (Å²) in [6, 6.07) is 11.9. The second kappa shape index (κ2) is 8.71. The van der Waals surface area contributed by atoms with E-state index in [9.17, 15) is 31.1 Å². The molecule has 0 radical (unpaired) electrons. The van der Waals surface area contributed by atoms with Crippen molar-refractivity contribution in [3.8, 4) is 11.1 Å². The quantitative estimate of drug-likeness (QED) is 0.328. The van der Waals surface area contributed by atoms with Crippen molar-refractivity contribution >= 4 is 11.6 Å². The molecular formula is C24H18F6N4O. The Balaban J connectivity index is 1.77. The number of pyridine rings is 1. The van der Waals surface area contributed by atoms with E-state index in [2.05, 4.69) is 10.2 Å². The summed E-state index contributed by atoms with van der Waals surface area (Å²) >= 11 is 0. The Morgan fingerprint density at radius 1 is 0.943 bits per heavy atom. The van der Waals surface area contributed by atoms with E-state index in [-0.39, 0.29) is 17.2 Å². The largest absolute Gasteiger partial charge is 0.416 e. The number of amides is 1. The van der Waals surface area contributed by atoms with Crippen molar-refractivity contribution < 1.29 is 31.1 Å². The van der Waals surface area contributed by atoms with Gasteiger partial charge in [0.2, 0.25) is 0 Å². The molecule has 0 unspecified atom stereocenters. The van der Waals surface area contributed by atoms with Gasteiger partial charge in [-0.25, -0.2) is 0 Å². The van der Waals surface area contributed by atoms with Crippen molar-refractivity contribution in [2.24, 2.45) is 0 Å². The first-order valence-electron chi connectivity index (χ1n) is 10.3. The minimum Gasteiger partial charge on any atom is -0.337 e. The highest BCUT2D eigenvalue weighted by molar-refractivity contribution is 6.02. The summed E-state index contributed by atoms with van der Waals surface area (Å²) < 4.78 is 81.1. The van der Waals surface area contributed by atoms with Crippen LogP contribution in [0.15, 0.2) is 60.9 Å². The van der Waals surface area contributed by atoms with Gasteiger partial charge in [0.1, 0.15) is 6.33 Å². The van der Waals surface area contributed by atoms with Crippen LogP contribution in [0.4, 0.5) is 26.3 Å². The molecule has 0 fully saturated rings. The second-order valence-electron chi connectivity index (χ2n) is 8.02. The summed E-state index contributed by atoms with van der Waals surface area (Å²) in [4.78, 5) is 14.6. The fraction of sp³-hybridized carbons (Fsp3) is 0.208. The number of carbonyl (C=O) groups is 1. The van der Waals surface area contributed by atoms with E-state index in [1.165, 1.54) is 13.4 Å². The van der Waals surface area contributed by atoms with Crippen LogP contribution in [0.25, 0.3) is 16.8 Å². The smallest absolute Gasteiger partial charge is 0.337 e. The minimum atomic E-state index is -4.98. The molecule has 0 spiro atoms. The third kappa shape index (κ3) is 4.84. The highest BCUT2D eigenvalue weighted by atomic mass is 19.4. The Morgan fingerprint density at radius 3 is 2.11 bits per heavy atom. The van der Waals surface area contributed by atoms with Crippen LogP contribution in [0.2, 0.25) is 0 Å². The van der Waals surface area contributed by atoms with E-state index in [0.29, 0.717) is 34.6 Å². The Morgan fingerprint density at radius 2 is 1.54 bits per heavy atom. The molecule has 0 aliphatic heterocycles. The van der Waals surface area contributed by atoms with Gasteiger partial charge >= 0.3 is 12.4 Å². The molecule has 0 atom stereocenters. The second-order valence-corrected chi connectivity index (χ2v) is 8.02. The minimum absolute atomic E-state index is 0.0585. The van der Waals surface area contributed by atoms with Crippen LogP contribution < -0.4 is 0 Å². The molecule has 0 saturated heterocycles. The van der Waals surface area contributed by atoms with Gasteiger partial charge in [0.25, 0.3) is 5.91 Å². The van der Waals surface area contributed by atoms with E-state index in [1.807, 2.05) is 0 Å². The zero-order valence-electron chi connectivity index (χ0n) is 18.4. The summed E-state index contributed by atoms with van der Waals surface area (Å²) in [6.45, 7) is 1.19. The van der Waals surface area contributed by atoms with Crippen LogP contribution in [0.5, 0.6) is 0 Å². The Kier molecular flexibility index (Phi) is 6.04. The first-order chi connectivity index (χ1) is 16.4. The number of hydrogen-bond acceptors (Lipinski definition) is 3. The van der Waals surface area contributed by atoms with Gasteiger partial charge in [-0.2, -0.15) is 26.3 Å². The van der Waals surface area contributed by atoms with Crippen LogP contribution in [-0.2, 0) is 18.9 Å². The number of halogens is 6. The van der Waals surface area contributed by atoms with Crippen molar-refractivity contribution in [2.75, 3.05) is 7.05 Å². The number of alkyl halides is 6. The maximum absolute atomic E-state index is 13.5. The predicted molar refractivity (Wildman–Crippen MR) is 115 cm³/mol. The lowest BCUT2D eigenvalue weighted by molar-refractivity contribution is -0.143. The number of benzene rings is 2. The average Bonchev–Trinajstić information content (AvgIpc) is 3.27. The standard InChI is InChI=1S/C24H18F6N4O/c1-14-21(19(16-6-4-3-5-7-16)11-20-32-31-13-34(14)20)22(35)33(2)12-15-8-17(23(25,26)27)10-18(9-15)24(28,29)30/h3-11,13H,12H2,1-2H3. The van der Waals surface area contributed by atoms with Crippen LogP contribution in [-0.4, -0.2) is 32.5 Å². The SMILES string of the molecule is Cc1c(C(=O)N(C)Cc2cc(C(F)(F)F)cc(C(F)(F)F)c2)c(-c2ccccc2)cc2nncn12. The molecule has 2 aromatic carbocycles. The van der Waals surface area contributed by atoms with Gasteiger partial charge < -0.3 is 4.90 Å². The van der Waals surface area contributed by atoms with Gasteiger partial charge in [-0.05, 0) is 47.9 Å². The molecule has 1 amide bonds. The molecule has 0 bridgehead atoms.